The number of benzene rings is 2. The Bertz CT molecular complexity index is 1080. The molecule has 164 valence electrons. The lowest BCUT2D eigenvalue weighted by Crippen LogP contribution is -2.15. The molecule has 6 nitrogen and oxygen atoms in total. The molecule has 0 aliphatic heterocycles. The summed E-state index contributed by atoms with van der Waals surface area (Å²) in [5, 5.41) is 12.5. The van der Waals surface area contributed by atoms with Crippen LogP contribution >= 0.6 is 46.6 Å². The van der Waals surface area contributed by atoms with Gasteiger partial charge in [0, 0.05) is 6.54 Å². The third kappa shape index (κ3) is 6.04. The van der Waals surface area contributed by atoms with Gasteiger partial charge >= 0.3 is 0 Å². The summed E-state index contributed by atoms with van der Waals surface area (Å²) in [5.41, 5.74) is 0.376. The monoisotopic (exact) mass is 502 g/mol. The maximum Gasteiger partial charge on any atom is 0.234 e. The number of halogens is 4. The predicted molar refractivity (Wildman–Crippen MR) is 122 cm³/mol. The SMILES string of the molecule is CCn1c(SCC(=O)Nc2cc(Cl)c(Cl)cc2Cl)nnc1C(C)Oc1ccc(F)cc1. The lowest BCUT2D eigenvalue weighted by atomic mass is 10.3. The molecule has 3 rings (SSSR count). The fraction of sp³-hybridized carbons (Fsp3) is 0.250. The molecule has 0 saturated carbocycles. The van der Waals surface area contributed by atoms with Gasteiger partial charge in [-0.05, 0) is 50.2 Å². The van der Waals surface area contributed by atoms with Gasteiger partial charge in [0.25, 0.3) is 0 Å². The van der Waals surface area contributed by atoms with Crippen LogP contribution in [0.3, 0.4) is 0 Å². The van der Waals surface area contributed by atoms with Gasteiger partial charge in [-0.15, -0.1) is 10.2 Å². The second kappa shape index (κ2) is 10.5. The van der Waals surface area contributed by atoms with Gasteiger partial charge in [0.2, 0.25) is 5.91 Å². The smallest absolute Gasteiger partial charge is 0.234 e. The molecule has 0 bridgehead atoms. The minimum atomic E-state index is -0.420. The van der Waals surface area contributed by atoms with Gasteiger partial charge in [0.15, 0.2) is 17.1 Å². The van der Waals surface area contributed by atoms with E-state index in [2.05, 4.69) is 15.5 Å². The van der Waals surface area contributed by atoms with Crippen LogP contribution in [0, 0.1) is 5.82 Å². The van der Waals surface area contributed by atoms with Crippen molar-refractivity contribution in [2.45, 2.75) is 31.7 Å². The van der Waals surface area contributed by atoms with Crippen molar-refractivity contribution in [2.24, 2.45) is 0 Å². The van der Waals surface area contributed by atoms with E-state index in [1.807, 2.05) is 18.4 Å². The van der Waals surface area contributed by atoms with E-state index in [1.165, 1.54) is 36.0 Å². The third-order valence-corrected chi connectivity index (χ3v) is 6.17. The van der Waals surface area contributed by atoms with Gasteiger partial charge in [-0.25, -0.2) is 4.39 Å². The Balaban J connectivity index is 1.64. The van der Waals surface area contributed by atoms with Gasteiger partial charge < -0.3 is 14.6 Å². The molecule has 1 amide bonds. The lowest BCUT2D eigenvalue weighted by molar-refractivity contribution is -0.113. The molecule has 2 aromatic carbocycles. The van der Waals surface area contributed by atoms with Crippen molar-refractivity contribution < 1.29 is 13.9 Å². The highest BCUT2D eigenvalue weighted by atomic mass is 35.5. The van der Waals surface area contributed by atoms with Crippen molar-refractivity contribution in [3.63, 3.8) is 0 Å². The molecule has 11 heteroatoms. The average Bonchev–Trinajstić information content (AvgIpc) is 3.15. The number of aromatic nitrogens is 3. The third-order valence-electron chi connectivity index (χ3n) is 4.17. The molecule has 3 aromatic rings. The summed E-state index contributed by atoms with van der Waals surface area (Å²) in [4.78, 5) is 12.4. The van der Waals surface area contributed by atoms with Crippen LogP contribution in [0.4, 0.5) is 10.1 Å². The van der Waals surface area contributed by atoms with Gasteiger partial charge in [0.05, 0.1) is 26.5 Å². The molecule has 1 aromatic heterocycles. The maximum atomic E-state index is 13.1. The number of nitrogens with zero attached hydrogens (tertiary/aromatic N) is 3. The Morgan fingerprint density at radius 2 is 1.84 bits per heavy atom. The van der Waals surface area contributed by atoms with Crippen LogP contribution in [0.15, 0.2) is 41.6 Å². The summed E-state index contributed by atoms with van der Waals surface area (Å²) >= 11 is 19.2. The van der Waals surface area contributed by atoms with E-state index in [-0.39, 0.29) is 17.5 Å². The van der Waals surface area contributed by atoms with Crippen molar-refractivity contribution in [1.82, 2.24) is 14.8 Å². The summed E-state index contributed by atoms with van der Waals surface area (Å²) in [5.74, 6) is 0.583. The van der Waals surface area contributed by atoms with Gasteiger partial charge in [-0.2, -0.15) is 0 Å². The number of anilines is 1. The quantitative estimate of drug-likeness (QED) is 0.290. The van der Waals surface area contributed by atoms with Crippen molar-refractivity contribution in [1.29, 1.82) is 0 Å². The number of carbonyl (C=O) groups excluding carboxylic acids is 1. The summed E-state index contributed by atoms with van der Waals surface area (Å²) in [7, 11) is 0. The van der Waals surface area contributed by atoms with Crippen molar-refractivity contribution in [2.75, 3.05) is 11.1 Å². The molecule has 1 N–H and O–H groups in total. The molecule has 31 heavy (non-hydrogen) atoms. The maximum absolute atomic E-state index is 13.1. The Morgan fingerprint density at radius 3 is 2.52 bits per heavy atom. The van der Waals surface area contributed by atoms with Crippen LogP contribution in [0.25, 0.3) is 0 Å². The Labute approximate surface area is 198 Å². The minimum Gasteiger partial charge on any atom is -0.483 e. The Morgan fingerprint density at radius 1 is 1.16 bits per heavy atom. The normalized spacial score (nSPS) is 11.9. The van der Waals surface area contributed by atoms with Crippen LogP contribution in [-0.4, -0.2) is 26.4 Å². The van der Waals surface area contributed by atoms with E-state index < -0.39 is 6.10 Å². The number of carbonyl (C=O) groups is 1. The first-order valence-corrected chi connectivity index (χ1v) is 11.3. The number of hydrogen-bond acceptors (Lipinski definition) is 5. The van der Waals surface area contributed by atoms with Crippen LogP contribution < -0.4 is 10.1 Å². The van der Waals surface area contributed by atoms with Gasteiger partial charge in [-0.3, -0.25) is 4.79 Å². The zero-order valence-electron chi connectivity index (χ0n) is 16.5. The molecule has 1 heterocycles. The molecule has 1 unspecified atom stereocenters. The summed E-state index contributed by atoms with van der Waals surface area (Å²) in [6, 6.07) is 8.71. The van der Waals surface area contributed by atoms with Crippen molar-refractivity contribution >= 4 is 58.2 Å². The largest absolute Gasteiger partial charge is 0.483 e. The van der Waals surface area contributed by atoms with Crippen LogP contribution in [0.5, 0.6) is 5.75 Å². The molecular formula is C20H18Cl3FN4O2S. The van der Waals surface area contributed by atoms with E-state index >= 15 is 0 Å². The second-order valence-electron chi connectivity index (χ2n) is 6.38. The Kier molecular flexibility index (Phi) is 8.05. The molecule has 0 aliphatic rings. The zero-order valence-corrected chi connectivity index (χ0v) is 19.6. The first-order chi connectivity index (χ1) is 14.8. The van der Waals surface area contributed by atoms with Gasteiger partial charge in [-0.1, -0.05) is 46.6 Å². The van der Waals surface area contributed by atoms with Crippen LogP contribution in [0.2, 0.25) is 15.1 Å². The molecule has 0 fully saturated rings. The zero-order chi connectivity index (χ0) is 22.5. The first kappa shape index (κ1) is 23.7. The topological polar surface area (TPSA) is 69.0 Å². The molecule has 0 spiro atoms. The molecule has 0 saturated heterocycles. The Hall–Kier alpha value is -2.00. The highest BCUT2D eigenvalue weighted by Gasteiger charge is 2.20. The van der Waals surface area contributed by atoms with E-state index in [0.29, 0.717) is 44.0 Å². The average molecular weight is 504 g/mol. The van der Waals surface area contributed by atoms with Crippen LogP contribution in [-0.2, 0) is 11.3 Å². The van der Waals surface area contributed by atoms with E-state index in [9.17, 15) is 9.18 Å². The number of amides is 1. The molecule has 0 aliphatic carbocycles. The first-order valence-electron chi connectivity index (χ1n) is 9.21. The molecule has 1 atom stereocenters. The van der Waals surface area contributed by atoms with Crippen molar-refractivity contribution in [3.8, 4) is 5.75 Å². The number of hydrogen-bond donors (Lipinski definition) is 1. The number of ether oxygens (including phenoxy) is 1. The van der Waals surface area contributed by atoms with Crippen LogP contribution in [0.1, 0.15) is 25.8 Å². The fourth-order valence-corrected chi connectivity index (χ4v) is 4.11. The lowest BCUT2D eigenvalue weighted by Gasteiger charge is -2.15. The van der Waals surface area contributed by atoms with Gasteiger partial charge in [0.1, 0.15) is 11.6 Å². The summed E-state index contributed by atoms with van der Waals surface area (Å²) in [6.45, 7) is 4.35. The highest BCUT2D eigenvalue weighted by Crippen LogP contribution is 2.32. The van der Waals surface area contributed by atoms with E-state index in [4.69, 9.17) is 39.5 Å². The number of nitrogens with one attached hydrogen (secondary N) is 1. The molecule has 0 radical (unpaired) electrons. The van der Waals surface area contributed by atoms with E-state index in [1.54, 1.807) is 12.1 Å². The predicted octanol–water partition coefficient (Wildman–Crippen LogP) is 6.27. The van der Waals surface area contributed by atoms with E-state index in [0.717, 1.165) is 0 Å². The number of rotatable bonds is 8. The van der Waals surface area contributed by atoms with Crippen molar-refractivity contribution in [3.05, 3.63) is 63.1 Å². The minimum absolute atomic E-state index is 0.0852. The fourth-order valence-electron chi connectivity index (χ4n) is 2.71. The number of thioether (sulfide) groups is 1. The summed E-state index contributed by atoms with van der Waals surface area (Å²) in [6.07, 6.45) is -0.420. The second-order valence-corrected chi connectivity index (χ2v) is 8.55. The molecular weight excluding hydrogens is 486 g/mol. The highest BCUT2D eigenvalue weighted by molar-refractivity contribution is 7.99. The standard InChI is InChI=1S/C20H18Cl3FN4O2S/c1-3-28-19(11(2)30-13-6-4-12(24)5-7-13)26-27-20(28)31-10-18(29)25-17-9-15(22)14(21)8-16(17)23/h4-9,11H,3,10H2,1-2H3,(H,25,29). The summed E-state index contributed by atoms with van der Waals surface area (Å²) < 4.78 is 20.8.